The molecule has 120 valence electrons. The van der Waals surface area contributed by atoms with Crippen molar-refractivity contribution in [2.75, 3.05) is 39.2 Å². The van der Waals surface area contributed by atoms with Crippen LogP contribution in [-0.4, -0.2) is 65.4 Å². The number of piperidine rings is 1. The van der Waals surface area contributed by atoms with Gasteiger partial charge in [-0.05, 0) is 31.9 Å². The van der Waals surface area contributed by atoms with Gasteiger partial charge in [0.05, 0.1) is 21.9 Å². The SMILES string of the molecule is CSC1(C(N)=S)CCN(C2CCOC3(CCOC3)C2)CC1. The van der Waals surface area contributed by atoms with Gasteiger partial charge in [0.15, 0.2) is 0 Å². The van der Waals surface area contributed by atoms with E-state index in [9.17, 15) is 0 Å². The van der Waals surface area contributed by atoms with E-state index in [0.717, 1.165) is 65.0 Å². The average molecular weight is 331 g/mol. The molecule has 3 aliphatic heterocycles. The van der Waals surface area contributed by atoms with Crippen molar-refractivity contribution in [1.29, 1.82) is 0 Å². The molecule has 6 heteroatoms. The Morgan fingerprint density at radius 2 is 2.05 bits per heavy atom. The molecule has 3 rings (SSSR count). The topological polar surface area (TPSA) is 47.7 Å². The summed E-state index contributed by atoms with van der Waals surface area (Å²) in [7, 11) is 0. The van der Waals surface area contributed by atoms with Gasteiger partial charge in [0.1, 0.15) is 0 Å². The van der Waals surface area contributed by atoms with Crippen molar-refractivity contribution < 1.29 is 9.47 Å². The largest absolute Gasteiger partial charge is 0.392 e. The maximum Gasteiger partial charge on any atom is 0.0951 e. The number of thiocarbonyl (C=S) groups is 1. The van der Waals surface area contributed by atoms with Crippen molar-refractivity contribution in [2.45, 2.75) is 48.5 Å². The zero-order chi connectivity index (χ0) is 14.9. The summed E-state index contributed by atoms with van der Waals surface area (Å²) in [6.07, 6.45) is 7.59. The van der Waals surface area contributed by atoms with Crippen LogP contribution in [0.15, 0.2) is 0 Å². The van der Waals surface area contributed by atoms with E-state index in [4.69, 9.17) is 27.4 Å². The first kappa shape index (κ1) is 16.0. The van der Waals surface area contributed by atoms with Crippen LogP contribution in [0.4, 0.5) is 0 Å². The van der Waals surface area contributed by atoms with Crippen LogP contribution in [0.3, 0.4) is 0 Å². The Kier molecular flexibility index (Phi) is 4.81. The molecule has 21 heavy (non-hydrogen) atoms. The smallest absolute Gasteiger partial charge is 0.0951 e. The van der Waals surface area contributed by atoms with Crippen LogP contribution in [-0.2, 0) is 9.47 Å². The number of nitrogens with zero attached hydrogens (tertiary/aromatic N) is 1. The van der Waals surface area contributed by atoms with Gasteiger partial charge in [-0.15, -0.1) is 0 Å². The summed E-state index contributed by atoms with van der Waals surface area (Å²) in [5.74, 6) is 0. The molecule has 0 aliphatic carbocycles. The van der Waals surface area contributed by atoms with E-state index in [1.54, 1.807) is 0 Å². The van der Waals surface area contributed by atoms with Crippen LogP contribution >= 0.6 is 24.0 Å². The minimum atomic E-state index is 0.000126. The van der Waals surface area contributed by atoms with E-state index in [2.05, 4.69) is 11.2 Å². The predicted octanol–water partition coefficient (Wildman–Crippen LogP) is 1.81. The lowest BCUT2D eigenvalue weighted by Crippen LogP contribution is -2.55. The van der Waals surface area contributed by atoms with Gasteiger partial charge in [-0.25, -0.2) is 0 Å². The second-order valence-corrected chi connectivity index (χ2v) is 8.21. The number of ether oxygens (including phenoxy) is 2. The monoisotopic (exact) mass is 330 g/mol. The molecule has 2 atom stereocenters. The molecule has 0 bridgehead atoms. The highest BCUT2D eigenvalue weighted by Crippen LogP contribution is 2.39. The van der Waals surface area contributed by atoms with Gasteiger partial charge >= 0.3 is 0 Å². The lowest BCUT2D eigenvalue weighted by Gasteiger charge is -2.47. The van der Waals surface area contributed by atoms with E-state index in [-0.39, 0.29) is 10.3 Å². The molecule has 0 saturated carbocycles. The van der Waals surface area contributed by atoms with E-state index in [0.29, 0.717) is 11.0 Å². The van der Waals surface area contributed by atoms with Crippen molar-refractivity contribution in [1.82, 2.24) is 4.90 Å². The van der Waals surface area contributed by atoms with Crippen molar-refractivity contribution in [3.63, 3.8) is 0 Å². The fourth-order valence-electron chi connectivity index (χ4n) is 3.98. The van der Waals surface area contributed by atoms with Gasteiger partial charge in [0, 0.05) is 38.8 Å². The van der Waals surface area contributed by atoms with Crippen molar-refractivity contribution in [2.24, 2.45) is 5.73 Å². The third kappa shape index (κ3) is 3.11. The van der Waals surface area contributed by atoms with Gasteiger partial charge in [0.2, 0.25) is 0 Å². The molecule has 3 aliphatic rings. The summed E-state index contributed by atoms with van der Waals surface area (Å²) < 4.78 is 11.6. The molecule has 1 spiro atoms. The summed E-state index contributed by atoms with van der Waals surface area (Å²) in [6.45, 7) is 4.69. The van der Waals surface area contributed by atoms with Crippen LogP contribution in [0.5, 0.6) is 0 Å². The Morgan fingerprint density at radius 3 is 2.62 bits per heavy atom. The molecule has 0 amide bonds. The molecule has 3 saturated heterocycles. The van der Waals surface area contributed by atoms with Crippen LogP contribution in [0.25, 0.3) is 0 Å². The Balaban J connectivity index is 1.60. The number of nitrogens with two attached hydrogens (primary N) is 1. The minimum absolute atomic E-state index is 0.000126. The minimum Gasteiger partial charge on any atom is -0.392 e. The zero-order valence-electron chi connectivity index (χ0n) is 12.8. The first-order chi connectivity index (χ1) is 10.1. The molecule has 3 fully saturated rings. The normalized spacial score (nSPS) is 36.9. The molecule has 0 aromatic heterocycles. The molecule has 0 aromatic rings. The molecule has 4 nitrogen and oxygen atoms in total. The average Bonchev–Trinajstić information content (AvgIpc) is 2.95. The number of likely N-dealkylation sites (tertiary alicyclic amines) is 1. The summed E-state index contributed by atoms with van der Waals surface area (Å²) in [5.41, 5.74) is 5.99. The lowest BCUT2D eigenvalue weighted by molar-refractivity contribution is -0.108. The van der Waals surface area contributed by atoms with E-state index < -0.39 is 0 Å². The maximum atomic E-state index is 6.05. The maximum absolute atomic E-state index is 6.05. The second-order valence-electron chi connectivity index (χ2n) is 6.58. The number of hydrogen-bond acceptors (Lipinski definition) is 5. The predicted molar refractivity (Wildman–Crippen MR) is 91.0 cm³/mol. The summed E-state index contributed by atoms with van der Waals surface area (Å²) in [5, 5.41) is 0. The van der Waals surface area contributed by atoms with Crippen LogP contribution in [0.2, 0.25) is 0 Å². The number of thioether (sulfide) groups is 1. The highest BCUT2D eigenvalue weighted by molar-refractivity contribution is 8.02. The van der Waals surface area contributed by atoms with E-state index >= 15 is 0 Å². The highest BCUT2D eigenvalue weighted by Gasteiger charge is 2.44. The molecule has 0 aromatic carbocycles. The van der Waals surface area contributed by atoms with E-state index in [1.165, 1.54) is 0 Å². The quantitative estimate of drug-likeness (QED) is 0.797. The van der Waals surface area contributed by atoms with Crippen LogP contribution < -0.4 is 5.73 Å². The Bertz CT molecular complexity index is 391. The molecular formula is C15H26N2O2S2. The Morgan fingerprint density at radius 1 is 1.29 bits per heavy atom. The Hall–Kier alpha value is 0.120. The van der Waals surface area contributed by atoms with Gasteiger partial charge in [-0.1, -0.05) is 12.2 Å². The van der Waals surface area contributed by atoms with Crippen molar-refractivity contribution >= 4 is 29.0 Å². The first-order valence-corrected chi connectivity index (χ1v) is 9.53. The lowest BCUT2D eigenvalue weighted by atomic mass is 9.86. The molecule has 2 N–H and O–H groups in total. The summed E-state index contributed by atoms with van der Waals surface area (Å²) in [6, 6.07) is 0.631. The molecule has 3 heterocycles. The van der Waals surface area contributed by atoms with Crippen LogP contribution in [0, 0.1) is 0 Å². The van der Waals surface area contributed by atoms with E-state index in [1.807, 2.05) is 11.8 Å². The van der Waals surface area contributed by atoms with Gasteiger partial charge < -0.3 is 20.1 Å². The third-order valence-corrected chi connectivity index (χ3v) is 7.43. The molecule has 0 radical (unpaired) electrons. The van der Waals surface area contributed by atoms with Crippen LogP contribution in [0.1, 0.15) is 32.1 Å². The first-order valence-electron chi connectivity index (χ1n) is 7.90. The fourth-order valence-corrected chi connectivity index (χ4v) is 5.22. The zero-order valence-corrected chi connectivity index (χ0v) is 14.4. The van der Waals surface area contributed by atoms with Gasteiger partial charge in [0.25, 0.3) is 0 Å². The van der Waals surface area contributed by atoms with Gasteiger partial charge in [-0.2, -0.15) is 11.8 Å². The summed E-state index contributed by atoms with van der Waals surface area (Å²) >= 11 is 7.14. The standard InChI is InChI=1S/C15H26N2O2S2/c1-21-15(13(16)20)3-6-17(7-4-15)12-2-8-19-14(10-12)5-9-18-11-14/h12H,2-11H2,1H3,(H2,16,20). The highest BCUT2D eigenvalue weighted by atomic mass is 32.2. The summed E-state index contributed by atoms with van der Waals surface area (Å²) in [4.78, 5) is 3.32. The van der Waals surface area contributed by atoms with Gasteiger partial charge in [-0.3, -0.25) is 0 Å². The third-order valence-electron chi connectivity index (χ3n) is 5.50. The Labute approximate surface area is 137 Å². The molecular weight excluding hydrogens is 304 g/mol. The van der Waals surface area contributed by atoms with Crippen molar-refractivity contribution in [3.8, 4) is 0 Å². The number of rotatable bonds is 3. The second kappa shape index (κ2) is 6.32. The fraction of sp³-hybridized carbons (Fsp3) is 0.933. The number of hydrogen-bond donors (Lipinski definition) is 1. The van der Waals surface area contributed by atoms with Crippen molar-refractivity contribution in [3.05, 3.63) is 0 Å². The molecule has 2 unspecified atom stereocenters.